The van der Waals surface area contributed by atoms with E-state index in [-0.39, 0.29) is 11.5 Å². The van der Waals surface area contributed by atoms with Gasteiger partial charge >= 0.3 is 0 Å². The number of nitrogen functional groups attached to an aromatic ring is 1. The first-order chi connectivity index (χ1) is 9.60. The van der Waals surface area contributed by atoms with Gasteiger partial charge in [-0.25, -0.2) is 10.8 Å². The predicted molar refractivity (Wildman–Crippen MR) is 79.6 cm³/mol. The zero-order valence-corrected chi connectivity index (χ0v) is 11.9. The van der Waals surface area contributed by atoms with Crippen LogP contribution in [-0.4, -0.2) is 41.0 Å². The van der Waals surface area contributed by atoms with E-state index in [1.54, 1.807) is 0 Å². The van der Waals surface area contributed by atoms with Crippen molar-refractivity contribution in [2.45, 2.75) is 20.3 Å². The van der Waals surface area contributed by atoms with Crippen molar-refractivity contribution in [1.29, 1.82) is 0 Å². The highest BCUT2D eigenvalue weighted by atomic mass is 16.6. The molecule has 1 heterocycles. The van der Waals surface area contributed by atoms with Gasteiger partial charge in [-0.3, -0.25) is 10.1 Å². The number of hydrazine groups is 1. The van der Waals surface area contributed by atoms with Gasteiger partial charge in [-0.1, -0.05) is 13.8 Å². The Morgan fingerprint density at radius 3 is 2.60 bits per heavy atom. The van der Waals surface area contributed by atoms with E-state index in [2.05, 4.69) is 34.5 Å². The lowest BCUT2D eigenvalue weighted by Gasteiger charge is -2.19. The van der Waals surface area contributed by atoms with Gasteiger partial charge in [0, 0.05) is 13.1 Å². The molecule has 0 amide bonds. The summed E-state index contributed by atoms with van der Waals surface area (Å²) in [5, 5.41) is 13.9. The van der Waals surface area contributed by atoms with Crippen molar-refractivity contribution in [3.8, 4) is 0 Å². The molecule has 0 bridgehead atoms. The Bertz CT molecular complexity index is 440. The number of hydrogen-bond donors (Lipinski definition) is 3. The first kappa shape index (κ1) is 16.1. The Kier molecular flexibility index (Phi) is 6.68. The number of hydrogen-bond acceptors (Lipinski definition) is 7. The third-order valence-electron chi connectivity index (χ3n) is 2.89. The highest BCUT2D eigenvalue weighted by Crippen LogP contribution is 2.19. The summed E-state index contributed by atoms with van der Waals surface area (Å²) in [4.78, 5) is 16.8. The van der Waals surface area contributed by atoms with Crippen molar-refractivity contribution in [2.75, 3.05) is 36.9 Å². The average Bonchev–Trinajstić information content (AvgIpc) is 2.45. The number of nitrogens with zero attached hydrogens (tertiary/aromatic N) is 3. The van der Waals surface area contributed by atoms with Crippen molar-refractivity contribution in [3.05, 3.63) is 22.2 Å². The number of aromatic nitrogens is 1. The van der Waals surface area contributed by atoms with Crippen LogP contribution >= 0.6 is 0 Å². The molecule has 0 aromatic carbocycles. The molecule has 1 rings (SSSR count). The number of pyridine rings is 1. The molecule has 0 fully saturated rings. The fourth-order valence-electron chi connectivity index (χ4n) is 1.87. The Balaban J connectivity index is 2.62. The molecule has 0 aliphatic heterocycles. The molecule has 0 atom stereocenters. The van der Waals surface area contributed by atoms with E-state index in [9.17, 15) is 10.1 Å². The molecule has 112 valence electrons. The summed E-state index contributed by atoms with van der Waals surface area (Å²) in [6, 6.07) is 2.69. The topological polar surface area (TPSA) is 109 Å². The van der Waals surface area contributed by atoms with Gasteiger partial charge in [-0.2, -0.15) is 0 Å². The van der Waals surface area contributed by atoms with E-state index in [0.717, 1.165) is 26.1 Å². The van der Waals surface area contributed by atoms with Crippen LogP contribution < -0.4 is 16.6 Å². The van der Waals surface area contributed by atoms with E-state index >= 15 is 0 Å². The maximum absolute atomic E-state index is 10.8. The van der Waals surface area contributed by atoms with Crippen molar-refractivity contribution < 1.29 is 4.92 Å². The maximum Gasteiger partial charge on any atom is 0.276 e. The largest absolute Gasteiger partial charge is 0.369 e. The number of nitro groups is 1. The van der Waals surface area contributed by atoms with Gasteiger partial charge in [-0.05, 0) is 19.5 Å². The Morgan fingerprint density at radius 2 is 2.05 bits per heavy atom. The molecule has 0 aliphatic rings. The minimum Gasteiger partial charge on any atom is -0.369 e. The molecule has 0 radical (unpaired) electrons. The zero-order chi connectivity index (χ0) is 15.0. The quantitative estimate of drug-likeness (QED) is 0.357. The fraction of sp³-hybridized carbons (Fsp3) is 0.583. The second-order valence-electron chi connectivity index (χ2n) is 4.36. The lowest BCUT2D eigenvalue weighted by atomic mass is 10.3. The lowest BCUT2D eigenvalue weighted by molar-refractivity contribution is -0.384. The van der Waals surface area contributed by atoms with Gasteiger partial charge in [0.25, 0.3) is 5.69 Å². The van der Waals surface area contributed by atoms with Crippen LogP contribution in [0.3, 0.4) is 0 Å². The van der Waals surface area contributed by atoms with Crippen molar-refractivity contribution in [3.63, 3.8) is 0 Å². The number of anilines is 2. The fourth-order valence-corrected chi connectivity index (χ4v) is 1.87. The molecular formula is C12H22N6O2. The number of nitrogens with one attached hydrogen (secondary N) is 2. The van der Waals surface area contributed by atoms with Crippen LogP contribution in [0, 0.1) is 10.1 Å². The van der Waals surface area contributed by atoms with E-state index in [1.165, 1.54) is 12.1 Å². The number of rotatable bonds is 9. The molecular weight excluding hydrogens is 260 g/mol. The monoisotopic (exact) mass is 282 g/mol. The average molecular weight is 282 g/mol. The molecule has 1 aromatic rings. The van der Waals surface area contributed by atoms with Crippen molar-refractivity contribution in [1.82, 2.24) is 9.88 Å². The summed E-state index contributed by atoms with van der Waals surface area (Å²) in [7, 11) is 0. The van der Waals surface area contributed by atoms with E-state index in [4.69, 9.17) is 5.84 Å². The smallest absolute Gasteiger partial charge is 0.276 e. The van der Waals surface area contributed by atoms with Gasteiger partial charge in [0.2, 0.25) is 0 Å². The van der Waals surface area contributed by atoms with Crippen LogP contribution in [0.1, 0.15) is 20.3 Å². The highest BCUT2D eigenvalue weighted by molar-refractivity contribution is 5.54. The standard InChI is InChI=1S/C12H22N6O2/c1-3-6-17(4-2)7-5-14-11-8-10(18(19)20)9-12(15-11)16-13/h8-9H,3-7,13H2,1-2H3,(H2,14,15,16). The second kappa shape index (κ2) is 8.28. The summed E-state index contributed by atoms with van der Waals surface area (Å²) in [6.45, 7) is 7.80. The minimum absolute atomic E-state index is 0.0450. The third kappa shape index (κ3) is 4.98. The first-order valence-electron chi connectivity index (χ1n) is 6.70. The Hall–Kier alpha value is -1.93. The number of nitrogens with two attached hydrogens (primary N) is 1. The molecule has 0 saturated heterocycles. The lowest BCUT2D eigenvalue weighted by Crippen LogP contribution is -2.29. The Labute approximate surface area is 118 Å². The minimum atomic E-state index is -0.469. The highest BCUT2D eigenvalue weighted by Gasteiger charge is 2.10. The van der Waals surface area contributed by atoms with Crippen molar-refractivity contribution in [2.24, 2.45) is 5.84 Å². The van der Waals surface area contributed by atoms with E-state index in [0.29, 0.717) is 12.4 Å². The molecule has 1 aromatic heterocycles. The third-order valence-corrected chi connectivity index (χ3v) is 2.89. The molecule has 0 saturated carbocycles. The first-order valence-corrected chi connectivity index (χ1v) is 6.70. The van der Waals surface area contributed by atoms with Gasteiger partial charge in [0.1, 0.15) is 11.6 Å². The summed E-state index contributed by atoms with van der Waals surface area (Å²) < 4.78 is 0. The maximum atomic E-state index is 10.8. The molecule has 0 unspecified atom stereocenters. The molecule has 4 N–H and O–H groups in total. The number of likely N-dealkylation sites (N-methyl/N-ethyl adjacent to an activating group) is 1. The van der Waals surface area contributed by atoms with Crippen LogP contribution in [-0.2, 0) is 0 Å². The summed E-state index contributed by atoms with van der Waals surface area (Å²) in [6.07, 6.45) is 1.10. The summed E-state index contributed by atoms with van der Waals surface area (Å²) in [5.41, 5.74) is 2.28. The van der Waals surface area contributed by atoms with Crippen molar-refractivity contribution >= 4 is 17.3 Å². The van der Waals surface area contributed by atoms with Gasteiger partial charge in [0.15, 0.2) is 0 Å². The van der Waals surface area contributed by atoms with Crippen LogP contribution in [0.15, 0.2) is 12.1 Å². The normalized spacial score (nSPS) is 10.6. The van der Waals surface area contributed by atoms with E-state index < -0.39 is 4.92 Å². The van der Waals surface area contributed by atoms with Crippen LogP contribution in [0.25, 0.3) is 0 Å². The molecule has 0 spiro atoms. The molecule has 8 heteroatoms. The van der Waals surface area contributed by atoms with Crippen LogP contribution in [0.5, 0.6) is 0 Å². The second-order valence-corrected chi connectivity index (χ2v) is 4.36. The van der Waals surface area contributed by atoms with Crippen LogP contribution in [0.2, 0.25) is 0 Å². The van der Waals surface area contributed by atoms with E-state index in [1.807, 2.05) is 0 Å². The van der Waals surface area contributed by atoms with Gasteiger partial charge < -0.3 is 15.6 Å². The zero-order valence-electron chi connectivity index (χ0n) is 11.9. The molecule has 0 aliphatic carbocycles. The SMILES string of the molecule is CCCN(CC)CCNc1cc([N+](=O)[O-])cc(NN)n1. The Morgan fingerprint density at radius 1 is 1.35 bits per heavy atom. The molecule has 8 nitrogen and oxygen atoms in total. The summed E-state index contributed by atoms with van der Waals surface area (Å²) >= 11 is 0. The predicted octanol–water partition coefficient (Wildman–Crippen LogP) is 1.42. The van der Waals surface area contributed by atoms with Gasteiger partial charge in [-0.15, -0.1) is 0 Å². The van der Waals surface area contributed by atoms with Gasteiger partial charge in [0.05, 0.1) is 17.1 Å². The molecule has 20 heavy (non-hydrogen) atoms. The summed E-state index contributed by atoms with van der Waals surface area (Å²) in [5.74, 6) is 5.97. The van der Waals surface area contributed by atoms with Crippen LogP contribution in [0.4, 0.5) is 17.3 Å².